The fraction of sp³-hybridized carbons (Fsp3) is 0.579. The number of nitrogens with zero attached hydrogens (tertiary/aromatic N) is 1. The zero-order chi connectivity index (χ0) is 18.2. The van der Waals surface area contributed by atoms with Crippen molar-refractivity contribution in [2.75, 3.05) is 19.6 Å². The first-order valence-electron chi connectivity index (χ1n) is 8.92. The highest BCUT2D eigenvalue weighted by Gasteiger charge is 2.34. The normalized spacial score (nSPS) is 21.0. The molecule has 1 heterocycles. The van der Waals surface area contributed by atoms with Crippen molar-refractivity contribution in [3.8, 4) is 0 Å². The molecule has 1 aliphatic rings. The quantitative estimate of drug-likeness (QED) is 0.791. The van der Waals surface area contributed by atoms with Crippen molar-refractivity contribution >= 4 is 12.0 Å². The molecular weight excluding hydrogens is 320 g/mol. The number of alkyl carbamates (subject to hydrolysis) is 1. The van der Waals surface area contributed by atoms with Gasteiger partial charge in [0.15, 0.2) is 0 Å². The third-order valence-corrected chi connectivity index (χ3v) is 4.58. The number of nitrogens with one attached hydrogen (secondary N) is 1. The van der Waals surface area contributed by atoms with Gasteiger partial charge in [0, 0.05) is 25.6 Å². The van der Waals surface area contributed by atoms with Crippen molar-refractivity contribution in [1.29, 1.82) is 0 Å². The van der Waals surface area contributed by atoms with Crippen LogP contribution in [0.4, 0.5) is 4.79 Å². The summed E-state index contributed by atoms with van der Waals surface area (Å²) in [7, 11) is 0. The van der Waals surface area contributed by atoms with Gasteiger partial charge < -0.3 is 20.1 Å². The van der Waals surface area contributed by atoms with E-state index in [0.29, 0.717) is 19.5 Å². The van der Waals surface area contributed by atoms with Gasteiger partial charge in [-0.2, -0.15) is 0 Å². The third-order valence-electron chi connectivity index (χ3n) is 4.58. The van der Waals surface area contributed by atoms with Crippen molar-refractivity contribution in [2.24, 2.45) is 11.8 Å². The van der Waals surface area contributed by atoms with E-state index in [1.54, 1.807) is 4.90 Å². The van der Waals surface area contributed by atoms with Crippen LogP contribution in [-0.4, -0.2) is 47.7 Å². The molecule has 1 aromatic rings. The Bertz CT molecular complexity index is 554. The molecule has 1 aromatic carbocycles. The highest BCUT2D eigenvalue weighted by molar-refractivity contribution is 5.80. The van der Waals surface area contributed by atoms with Gasteiger partial charge in [-0.05, 0) is 12.0 Å². The molecule has 0 aliphatic carbocycles. The second-order valence-corrected chi connectivity index (χ2v) is 6.72. The molecule has 2 N–H and O–H groups in total. The van der Waals surface area contributed by atoms with Gasteiger partial charge >= 0.3 is 6.09 Å². The molecule has 0 bridgehead atoms. The second-order valence-electron chi connectivity index (χ2n) is 6.72. The third kappa shape index (κ3) is 5.74. The summed E-state index contributed by atoms with van der Waals surface area (Å²) in [5, 5.41) is 12.5. The fourth-order valence-corrected chi connectivity index (χ4v) is 3.03. The van der Waals surface area contributed by atoms with Gasteiger partial charge in [0.25, 0.3) is 0 Å². The predicted octanol–water partition coefficient (Wildman–Crippen LogP) is 2.17. The van der Waals surface area contributed by atoms with Gasteiger partial charge in [0.1, 0.15) is 6.61 Å². The number of rotatable bonds is 7. The SMILES string of the molecule is CCC[C@@H](CNC(=O)OCc1ccccc1)C(=O)N1CC(C)C(O)C1. The average Bonchev–Trinajstić information content (AvgIpc) is 2.96. The lowest BCUT2D eigenvalue weighted by molar-refractivity contribution is -0.135. The molecule has 0 radical (unpaired) electrons. The Morgan fingerprint density at radius 3 is 2.64 bits per heavy atom. The number of carbonyl (C=O) groups is 2. The maximum absolute atomic E-state index is 12.6. The lowest BCUT2D eigenvalue weighted by Crippen LogP contribution is -2.41. The number of amides is 2. The molecule has 2 rings (SSSR count). The Morgan fingerprint density at radius 2 is 2.04 bits per heavy atom. The largest absolute Gasteiger partial charge is 0.445 e. The summed E-state index contributed by atoms with van der Waals surface area (Å²) in [5.41, 5.74) is 0.916. The number of benzene rings is 1. The van der Waals surface area contributed by atoms with E-state index < -0.39 is 12.2 Å². The van der Waals surface area contributed by atoms with E-state index in [9.17, 15) is 14.7 Å². The van der Waals surface area contributed by atoms with E-state index >= 15 is 0 Å². The van der Waals surface area contributed by atoms with Crippen molar-refractivity contribution in [1.82, 2.24) is 10.2 Å². The molecule has 25 heavy (non-hydrogen) atoms. The summed E-state index contributed by atoms with van der Waals surface area (Å²) in [4.78, 5) is 26.2. The van der Waals surface area contributed by atoms with Crippen molar-refractivity contribution in [3.05, 3.63) is 35.9 Å². The molecule has 2 unspecified atom stereocenters. The van der Waals surface area contributed by atoms with E-state index in [2.05, 4.69) is 5.32 Å². The maximum Gasteiger partial charge on any atom is 0.407 e. The zero-order valence-corrected chi connectivity index (χ0v) is 15.0. The van der Waals surface area contributed by atoms with Crippen LogP contribution >= 0.6 is 0 Å². The van der Waals surface area contributed by atoms with Crippen LogP contribution < -0.4 is 5.32 Å². The minimum absolute atomic E-state index is 0.00592. The van der Waals surface area contributed by atoms with Crippen LogP contribution in [0.5, 0.6) is 0 Å². The molecule has 138 valence electrons. The predicted molar refractivity (Wildman–Crippen MR) is 94.8 cm³/mol. The zero-order valence-electron chi connectivity index (χ0n) is 15.0. The van der Waals surface area contributed by atoms with Crippen molar-refractivity contribution in [3.63, 3.8) is 0 Å². The van der Waals surface area contributed by atoms with E-state index in [1.807, 2.05) is 44.2 Å². The Balaban J connectivity index is 1.80. The van der Waals surface area contributed by atoms with Gasteiger partial charge in [-0.1, -0.05) is 50.6 Å². The van der Waals surface area contributed by atoms with Crippen molar-refractivity contribution < 1.29 is 19.4 Å². The maximum atomic E-state index is 12.6. The molecular formula is C19H28N2O4. The van der Waals surface area contributed by atoms with Crippen LogP contribution in [0, 0.1) is 11.8 Å². The highest BCUT2D eigenvalue weighted by atomic mass is 16.5. The van der Waals surface area contributed by atoms with Crippen LogP contribution in [0.25, 0.3) is 0 Å². The number of ether oxygens (including phenoxy) is 1. The number of aliphatic hydroxyl groups is 1. The Labute approximate surface area is 149 Å². The Kier molecular flexibility index (Phi) is 7.25. The molecule has 2 amide bonds. The summed E-state index contributed by atoms with van der Waals surface area (Å²) >= 11 is 0. The first kappa shape index (κ1) is 19.2. The molecule has 0 aromatic heterocycles. The van der Waals surface area contributed by atoms with Gasteiger partial charge in [-0.15, -0.1) is 0 Å². The summed E-state index contributed by atoms with van der Waals surface area (Å²) in [6, 6.07) is 9.45. The number of likely N-dealkylation sites (tertiary alicyclic amines) is 1. The Morgan fingerprint density at radius 1 is 1.32 bits per heavy atom. The number of aliphatic hydroxyl groups excluding tert-OH is 1. The number of carbonyl (C=O) groups excluding carboxylic acids is 2. The first-order chi connectivity index (χ1) is 12.0. The van der Waals surface area contributed by atoms with Gasteiger partial charge in [0.05, 0.1) is 12.0 Å². The summed E-state index contributed by atoms with van der Waals surface area (Å²) in [5.74, 6) is -0.199. The molecule has 3 atom stereocenters. The van der Waals surface area contributed by atoms with Crippen LogP contribution in [-0.2, 0) is 16.1 Å². The molecule has 0 spiro atoms. The number of β-amino-alcohol motifs (C(OH)–C–C–N with tert-alkyl or cyclic N) is 1. The van der Waals surface area contributed by atoms with Crippen LogP contribution in [0.3, 0.4) is 0 Å². The average molecular weight is 348 g/mol. The highest BCUT2D eigenvalue weighted by Crippen LogP contribution is 2.20. The second kappa shape index (κ2) is 9.42. The molecule has 1 fully saturated rings. The lowest BCUT2D eigenvalue weighted by atomic mass is 10.0. The molecule has 6 heteroatoms. The smallest absolute Gasteiger partial charge is 0.407 e. The fourth-order valence-electron chi connectivity index (χ4n) is 3.03. The minimum Gasteiger partial charge on any atom is -0.445 e. The molecule has 1 saturated heterocycles. The monoisotopic (exact) mass is 348 g/mol. The van der Waals surface area contributed by atoms with Crippen molar-refractivity contribution in [2.45, 2.75) is 39.4 Å². The van der Waals surface area contributed by atoms with E-state index in [1.165, 1.54) is 0 Å². The summed E-state index contributed by atoms with van der Waals surface area (Å²) in [6.07, 6.45) is 0.560. The number of hydrogen-bond donors (Lipinski definition) is 2. The van der Waals surface area contributed by atoms with Crippen LogP contribution in [0.2, 0.25) is 0 Å². The van der Waals surface area contributed by atoms with E-state index in [-0.39, 0.29) is 30.9 Å². The topological polar surface area (TPSA) is 78.9 Å². The van der Waals surface area contributed by atoms with Gasteiger partial charge in [-0.3, -0.25) is 4.79 Å². The van der Waals surface area contributed by atoms with Gasteiger partial charge in [-0.25, -0.2) is 4.79 Å². The van der Waals surface area contributed by atoms with Crippen LogP contribution in [0.15, 0.2) is 30.3 Å². The van der Waals surface area contributed by atoms with E-state index in [4.69, 9.17) is 4.74 Å². The molecule has 0 saturated carbocycles. The summed E-state index contributed by atoms with van der Waals surface area (Å²) < 4.78 is 5.18. The Hall–Kier alpha value is -2.08. The van der Waals surface area contributed by atoms with Gasteiger partial charge in [0.2, 0.25) is 5.91 Å². The first-order valence-corrected chi connectivity index (χ1v) is 8.92. The lowest BCUT2D eigenvalue weighted by Gasteiger charge is -2.23. The van der Waals surface area contributed by atoms with Crippen LogP contribution in [0.1, 0.15) is 32.3 Å². The van der Waals surface area contributed by atoms with E-state index in [0.717, 1.165) is 12.0 Å². The minimum atomic E-state index is -0.521. The number of hydrogen-bond acceptors (Lipinski definition) is 4. The standard InChI is InChI=1S/C19H28N2O4/c1-3-7-16(18(23)21-11-14(2)17(22)12-21)10-20-19(24)25-13-15-8-5-4-6-9-15/h4-6,8-9,14,16-17,22H,3,7,10-13H2,1-2H3,(H,20,24)/t14?,16-,17?/m0/s1. The summed E-state index contributed by atoms with van der Waals surface area (Å²) in [6.45, 7) is 5.34. The molecule has 1 aliphatic heterocycles. The molecule has 6 nitrogen and oxygen atoms in total.